The molecule has 0 aliphatic rings. The molecule has 0 unspecified atom stereocenters. The van der Waals surface area contributed by atoms with E-state index in [0.717, 1.165) is 25.3 Å². The zero-order valence-electron chi connectivity index (χ0n) is 10.3. The van der Waals surface area contributed by atoms with Gasteiger partial charge in [-0.25, -0.2) is 0 Å². The maximum Gasteiger partial charge on any atom is 0.0764 e. The second-order valence-corrected chi connectivity index (χ2v) is 4.16. The average molecular weight is 220 g/mol. The van der Waals surface area contributed by atoms with Crippen LogP contribution in [0.5, 0.6) is 0 Å². The van der Waals surface area contributed by atoms with Crippen LogP contribution >= 0.6 is 0 Å². The topological polar surface area (TPSA) is 44.9 Å². The maximum atomic E-state index is 8.56. The molecule has 1 rings (SSSR count). The third-order valence-corrected chi connectivity index (χ3v) is 2.57. The van der Waals surface area contributed by atoms with Crippen molar-refractivity contribution in [1.82, 2.24) is 14.7 Å². The van der Waals surface area contributed by atoms with Crippen LogP contribution in [-0.4, -0.2) is 27.8 Å². The molecule has 1 heterocycles. The van der Waals surface area contributed by atoms with E-state index >= 15 is 0 Å². The molecule has 0 amide bonds. The van der Waals surface area contributed by atoms with Crippen LogP contribution in [-0.2, 0) is 6.54 Å². The molecule has 1 aromatic heterocycles. The fourth-order valence-electron chi connectivity index (χ4n) is 1.54. The second-order valence-electron chi connectivity index (χ2n) is 4.16. The van der Waals surface area contributed by atoms with Gasteiger partial charge in [0.2, 0.25) is 0 Å². The van der Waals surface area contributed by atoms with E-state index in [1.165, 1.54) is 0 Å². The quantitative estimate of drug-likeness (QED) is 0.738. The molecule has 88 valence electrons. The van der Waals surface area contributed by atoms with Crippen molar-refractivity contribution in [2.75, 3.05) is 13.1 Å². The summed E-state index contributed by atoms with van der Waals surface area (Å²) in [6, 6.07) is 4.63. The summed E-state index contributed by atoms with van der Waals surface area (Å²) in [6.45, 7) is 8.95. The summed E-state index contributed by atoms with van der Waals surface area (Å²) in [5.41, 5.74) is 1.08. The van der Waals surface area contributed by atoms with Gasteiger partial charge in [-0.15, -0.1) is 0 Å². The lowest BCUT2D eigenvalue weighted by Crippen LogP contribution is -2.24. The minimum absolute atomic E-state index is 0.405. The van der Waals surface area contributed by atoms with Crippen LogP contribution in [0.4, 0.5) is 0 Å². The fraction of sp³-hybridized carbons (Fsp3) is 0.667. The van der Waals surface area contributed by atoms with E-state index in [2.05, 4.69) is 42.9 Å². The van der Waals surface area contributed by atoms with Gasteiger partial charge in [0.1, 0.15) is 0 Å². The minimum Gasteiger partial charge on any atom is -0.297 e. The van der Waals surface area contributed by atoms with Gasteiger partial charge in [-0.2, -0.15) is 10.4 Å². The predicted octanol–water partition coefficient (Wildman–Crippen LogP) is 2.20. The molecule has 0 aliphatic heterocycles. The summed E-state index contributed by atoms with van der Waals surface area (Å²) in [5.74, 6) is 0. The van der Waals surface area contributed by atoms with Gasteiger partial charge in [-0.3, -0.25) is 9.58 Å². The second kappa shape index (κ2) is 6.29. The van der Waals surface area contributed by atoms with Gasteiger partial charge in [0.05, 0.1) is 11.8 Å². The van der Waals surface area contributed by atoms with Crippen molar-refractivity contribution in [1.29, 1.82) is 5.26 Å². The Hall–Kier alpha value is -1.34. The Kier molecular flexibility index (Phi) is 5.00. The van der Waals surface area contributed by atoms with Crippen LogP contribution in [0.15, 0.2) is 12.3 Å². The summed E-state index contributed by atoms with van der Waals surface area (Å²) >= 11 is 0. The van der Waals surface area contributed by atoms with Crippen LogP contribution in [0.2, 0.25) is 0 Å². The molecule has 0 aromatic carbocycles. The van der Waals surface area contributed by atoms with Crippen molar-refractivity contribution in [3.63, 3.8) is 0 Å². The smallest absolute Gasteiger partial charge is 0.0764 e. The van der Waals surface area contributed by atoms with E-state index in [4.69, 9.17) is 5.26 Å². The van der Waals surface area contributed by atoms with E-state index in [1.807, 2.05) is 10.9 Å². The molecule has 0 atom stereocenters. The number of nitriles is 1. The monoisotopic (exact) mass is 220 g/mol. The molecule has 0 saturated carbocycles. The highest BCUT2D eigenvalue weighted by Gasteiger charge is 2.07. The fourth-order valence-corrected chi connectivity index (χ4v) is 1.54. The predicted molar refractivity (Wildman–Crippen MR) is 63.8 cm³/mol. The van der Waals surface area contributed by atoms with Crippen molar-refractivity contribution in [3.8, 4) is 6.07 Å². The molecule has 16 heavy (non-hydrogen) atoms. The van der Waals surface area contributed by atoms with Gasteiger partial charge in [0, 0.05) is 31.7 Å². The Balaban J connectivity index is 2.53. The molecular formula is C12H20N4. The van der Waals surface area contributed by atoms with Crippen LogP contribution in [0.1, 0.15) is 38.9 Å². The van der Waals surface area contributed by atoms with Gasteiger partial charge >= 0.3 is 0 Å². The largest absolute Gasteiger partial charge is 0.297 e. The maximum absolute atomic E-state index is 8.56. The molecule has 0 fully saturated rings. The number of nitrogens with zero attached hydrogens (tertiary/aromatic N) is 4. The molecule has 4 nitrogen and oxygen atoms in total. The molecule has 0 saturated heterocycles. The molecule has 0 N–H and O–H groups in total. The lowest BCUT2D eigenvalue weighted by atomic mass is 10.3. The average Bonchev–Trinajstić information content (AvgIpc) is 2.72. The van der Waals surface area contributed by atoms with Crippen LogP contribution in [0.3, 0.4) is 0 Å². The van der Waals surface area contributed by atoms with E-state index < -0.39 is 0 Å². The normalized spacial score (nSPS) is 11.0. The van der Waals surface area contributed by atoms with Crippen molar-refractivity contribution in [3.05, 3.63) is 18.0 Å². The molecule has 0 bridgehead atoms. The van der Waals surface area contributed by atoms with Crippen molar-refractivity contribution in [2.45, 2.75) is 39.8 Å². The third kappa shape index (κ3) is 3.67. The summed E-state index contributed by atoms with van der Waals surface area (Å²) in [6.07, 6.45) is 2.59. The lowest BCUT2D eigenvalue weighted by molar-refractivity contribution is 0.281. The Labute approximate surface area is 97.5 Å². The van der Waals surface area contributed by atoms with Crippen LogP contribution < -0.4 is 0 Å². The lowest BCUT2D eigenvalue weighted by Gasteiger charge is -2.17. The summed E-state index contributed by atoms with van der Waals surface area (Å²) < 4.78 is 1.97. The summed E-state index contributed by atoms with van der Waals surface area (Å²) in [7, 11) is 0. The SMILES string of the molecule is CCN(CCC#N)Cc1ccn(C(C)C)n1. The minimum atomic E-state index is 0.405. The summed E-state index contributed by atoms with van der Waals surface area (Å²) in [5, 5.41) is 13.1. The molecule has 0 spiro atoms. The number of hydrogen-bond acceptors (Lipinski definition) is 3. The van der Waals surface area contributed by atoms with Gasteiger partial charge < -0.3 is 0 Å². The highest BCUT2D eigenvalue weighted by atomic mass is 15.3. The zero-order chi connectivity index (χ0) is 12.0. The highest BCUT2D eigenvalue weighted by molar-refractivity contribution is 4.99. The molecule has 0 radical (unpaired) electrons. The highest BCUT2D eigenvalue weighted by Crippen LogP contribution is 2.07. The van der Waals surface area contributed by atoms with Gasteiger partial charge in [0.15, 0.2) is 0 Å². The Morgan fingerprint density at radius 1 is 1.56 bits per heavy atom. The first kappa shape index (κ1) is 12.7. The van der Waals surface area contributed by atoms with Gasteiger partial charge in [0.25, 0.3) is 0 Å². The van der Waals surface area contributed by atoms with Gasteiger partial charge in [-0.05, 0) is 26.5 Å². The first-order chi connectivity index (χ1) is 7.67. The van der Waals surface area contributed by atoms with E-state index in [-0.39, 0.29) is 0 Å². The Bertz CT molecular complexity index is 348. The number of rotatable bonds is 6. The number of aromatic nitrogens is 2. The van der Waals surface area contributed by atoms with Crippen LogP contribution in [0.25, 0.3) is 0 Å². The standard InChI is InChI=1S/C12H20N4/c1-4-15(8-5-7-13)10-12-6-9-16(14-12)11(2)3/h6,9,11H,4-5,8,10H2,1-3H3. The molecule has 4 heteroatoms. The third-order valence-electron chi connectivity index (χ3n) is 2.57. The van der Waals surface area contributed by atoms with Crippen molar-refractivity contribution < 1.29 is 0 Å². The van der Waals surface area contributed by atoms with Crippen molar-refractivity contribution in [2.24, 2.45) is 0 Å². The van der Waals surface area contributed by atoms with Gasteiger partial charge in [-0.1, -0.05) is 6.92 Å². The Morgan fingerprint density at radius 2 is 2.31 bits per heavy atom. The van der Waals surface area contributed by atoms with E-state index in [1.54, 1.807) is 0 Å². The van der Waals surface area contributed by atoms with E-state index in [0.29, 0.717) is 12.5 Å². The molecular weight excluding hydrogens is 200 g/mol. The van der Waals surface area contributed by atoms with Crippen LogP contribution in [0, 0.1) is 11.3 Å². The molecule has 0 aliphatic carbocycles. The first-order valence-corrected chi connectivity index (χ1v) is 5.80. The molecule has 1 aromatic rings. The summed E-state index contributed by atoms with van der Waals surface area (Å²) in [4.78, 5) is 2.23. The van der Waals surface area contributed by atoms with E-state index in [9.17, 15) is 0 Å². The Morgan fingerprint density at radius 3 is 2.81 bits per heavy atom. The number of hydrogen-bond donors (Lipinski definition) is 0. The zero-order valence-corrected chi connectivity index (χ0v) is 10.3. The first-order valence-electron chi connectivity index (χ1n) is 5.80. The van der Waals surface area contributed by atoms with Crippen molar-refractivity contribution >= 4 is 0 Å².